The Morgan fingerprint density at radius 2 is 1.32 bits per heavy atom. The lowest BCUT2D eigenvalue weighted by atomic mass is 9.96. The molecular weight excluding hydrogens is 406 g/mol. The van der Waals surface area contributed by atoms with E-state index in [2.05, 4.69) is 16.0 Å². The minimum absolute atomic E-state index is 0.155. The third kappa shape index (κ3) is 9.33. The van der Waals surface area contributed by atoms with Gasteiger partial charge in [0.2, 0.25) is 23.6 Å². The van der Waals surface area contributed by atoms with E-state index >= 15 is 0 Å². The molecule has 0 aromatic carbocycles. The van der Waals surface area contributed by atoms with E-state index in [1.165, 1.54) is 0 Å². The molecule has 0 heterocycles. The number of nitrogens with two attached hydrogens (primary N) is 2. The van der Waals surface area contributed by atoms with E-state index in [0.717, 1.165) is 0 Å². The van der Waals surface area contributed by atoms with Crippen LogP contribution >= 0.6 is 0 Å². The molecule has 0 fully saturated rings. The van der Waals surface area contributed by atoms with Crippen molar-refractivity contribution in [3.63, 3.8) is 0 Å². The van der Waals surface area contributed by atoms with Crippen molar-refractivity contribution < 1.29 is 29.1 Å². The zero-order valence-corrected chi connectivity index (χ0v) is 19.1. The maximum absolute atomic E-state index is 12.9. The van der Waals surface area contributed by atoms with Gasteiger partial charge in [-0.3, -0.25) is 19.2 Å². The van der Waals surface area contributed by atoms with Crippen molar-refractivity contribution in [3.05, 3.63) is 0 Å². The molecule has 0 spiro atoms. The van der Waals surface area contributed by atoms with Crippen LogP contribution in [0.3, 0.4) is 0 Å². The summed E-state index contributed by atoms with van der Waals surface area (Å²) in [6.07, 6.45) is 0.00505. The van der Waals surface area contributed by atoms with Gasteiger partial charge in [-0.15, -0.1) is 0 Å². The summed E-state index contributed by atoms with van der Waals surface area (Å²) in [5.41, 5.74) is 11.1. The molecule has 4 amide bonds. The standard InChI is InChI=1S/C20H37N5O6/c1-7-11(6)16(25-18(28)14(22)9(2)3)19(29)23-12(8-13(21)26)17(27)24-15(10(4)5)20(30)31/h9-12,14-16H,7-8,22H2,1-6H3,(H2,21,26)(H,23,29)(H,24,27)(H,25,28)(H,30,31). The summed E-state index contributed by atoms with van der Waals surface area (Å²) in [5, 5.41) is 16.6. The van der Waals surface area contributed by atoms with Crippen LogP contribution < -0.4 is 27.4 Å². The second-order valence-electron chi connectivity index (χ2n) is 8.44. The van der Waals surface area contributed by atoms with Crippen LogP contribution in [-0.4, -0.2) is 58.9 Å². The fourth-order valence-corrected chi connectivity index (χ4v) is 2.69. The Morgan fingerprint density at radius 1 is 0.806 bits per heavy atom. The van der Waals surface area contributed by atoms with Gasteiger partial charge in [0.25, 0.3) is 0 Å². The summed E-state index contributed by atoms with van der Waals surface area (Å²) >= 11 is 0. The lowest BCUT2D eigenvalue weighted by Crippen LogP contribution is -2.59. The summed E-state index contributed by atoms with van der Waals surface area (Å²) < 4.78 is 0. The summed E-state index contributed by atoms with van der Waals surface area (Å²) in [7, 11) is 0. The Kier molecular flexibility index (Phi) is 11.8. The SMILES string of the molecule is CCC(C)C(NC(=O)C(N)C(C)C)C(=O)NC(CC(N)=O)C(=O)NC(C(=O)O)C(C)C. The lowest BCUT2D eigenvalue weighted by Gasteiger charge is -2.28. The third-order valence-electron chi connectivity index (χ3n) is 5.08. The fourth-order valence-electron chi connectivity index (χ4n) is 2.69. The average Bonchev–Trinajstić information content (AvgIpc) is 2.66. The van der Waals surface area contributed by atoms with Crippen molar-refractivity contribution in [2.75, 3.05) is 0 Å². The number of carboxylic acids is 1. The van der Waals surface area contributed by atoms with Crippen molar-refractivity contribution in [1.82, 2.24) is 16.0 Å². The molecule has 0 aliphatic rings. The lowest BCUT2D eigenvalue weighted by molar-refractivity contribution is -0.143. The number of aliphatic carboxylic acids is 1. The molecule has 0 aliphatic carbocycles. The highest BCUT2D eigenvalue weighted by Gasteiger charge is 2.34. The smallest absolute Gasteiger partial charge is 0.326 e. The van der Waals surface area contributed by atoms with Gasteiger partial charge in [-0.05, 0) is 17.8 Å². The minimum Gasteiger partial charge on any atom is -0.480 e. The van der Waals surface area contributed by atoms with E-state index in [1.807, 2.05) is 6.92 Å². The third-order valence-corrected chi connectivity index (χ3v) is 5.08. The molecule has 11 heteroatoms. The van der Waals surface area contributed by atoms with Gasteiger partial charge in [0, 0.05) is 0 Å². The number of carbonyl (C=O) groups excluding carboxylic acids is 4. The Balaban J connectivity index is 5.59. The highest BCUT2D eigenvalue weighted by molar-refractivity contribution is 5.96. The molecule has 0 radical (unpaired) electrons. The Hall–Kier alpha value is -2.69. The maximum atomic E-state index is 12.9. The fraction of sp³-hybridized carbons (Fsp3) is 0.750. The Labute approximate surface area is 183 Å². The highest BCUT2D eigenvalue weighted by Crippen LogP contribution is 2.11. The highest BCUT2D eigenvalue weighted by atomic mass is 16.4. The number of primary amides is 1. The van der Waals surface area contributed by atoms with E-state index in [-0.39, 0.29) is 11.8 Å². The molecule has 0 aromatic rings. The van der Waals surface area contributed by atoms with Crippen LogP contribution in [0.5, 0.6) is 0 Å². The van der Waals surface area contributed by atoms with Gasteiger partial charge < -0.3 is 32.5 Å². The molecule has 178 valence electrons. The van der Waals surface area contributed by atoms with E-state index in [1.54, 1.807) is 34.6 Å². The van der Waals surface area contributed by atoms with Gasteiger partial charge in [-0.1, -0.05) is 48.0 Å². The van der Waals surface area contributed by atoms with Crippen LogP contribution in [0.25, 0.3) is 0 Å². The topological polar surface area (TPSA) is 194 Å². The van der Waals surface area contributed by atoms with Crippen LogP contribution in [0.15, 0.2) is 0 Å². The molecule has 11 nitrogen and oxygen atoms in total. The van der Waals surface area contributed by atoms with E-state index < -0.39 is 66.1 Å². The Morgan fingerprint density at radius 3 is 1.71 bits per heavy atom. The van der Waals surface area contributed by atoms with Crippen LogP contribution in [0.2, 0.25) is 0 Å². The van der Waals surface area contributed by atoms with Gasteiger partial charge in [0.1, 0.15) is 18.1 Å². The molecule has 5 unspecified atom stereocenters. The largest absolute Gasteiger partial charge is 0.480 e. The zero-order chi connectivity index (χ0) is 24.5. The van der Waals surface area contributed by atoms with Crippen molar-refractivity contribution in [1.29, 1.82) is 0 Å². The second kappa shape index (κ2) is 12.9. The average molecular weight is 444 g/mol. The molecule has 0 bridgehead atoms. The quantitative estimate of drug-likeness (QED) is 0.212. The summed E-state index contributed by atoms with van der Waals surface area (Å²) in [6.45, 7) is 10.3. The van der Waals surface area contributed by atoms with Crippen molar-refractivity contribution in [2.24, 2.45) is 29.2 Å². The summed E-state index contributed by atoms with van der Waals surface area (Å²) in [4.78, 5) is 60.7. The number of carboxylic acid groups (broad SMARTS) is 1. The predicted octanol–water partition coefficient (Wildman–Crippen LogP) is -0.914. The number of rotatable bonds is 13. The van der Waals surface area contributed by atoms with Crippen molar-refractivity contribution in [3.8, 4) is 0 Å². The molecule has 0 saturated heterocycles. The molecule has 8 N–H and O–H groups in total. The Bertz CT molecular complexity index is 666. The summed E-state index contributed by atoms with van der Waals surface area (Å²) in [6, 6.07) is -4.45. The van der Waals surface area contributed by atoms with E-state index in [4.69, 9.17) is 11.5 Å². The van der Waals surface area contributed by atoms with Gasteiger partial charge >= 0.3 is 5.97 Å². The first-order valence-corrected chi connectivity index (χ1v) is 10.4. The van der Waals surface area contributed by atoms with Crippen LogP contribution in [0.4, 0.5) is 0 Å². The minimum atomic E-state index is -1.40. The van der Waals surface area contributed by atoms with Crippen molar-refractivity contribution >= 4 is 29.6 Å². The first kappa shape index (κ1) is 28.3. The molecular formula is C20H37N5O6. The molecule has 5 atom stereocenters. The zero-order valence-electron chi connectivity index (χ0n) is 19.1. The number of hydrogen-bond donors (Lipinski definition) is 6. The first-order valence-electron chi connectivity index (χ1n) is 10.4. The number of carbonyl (C=O) groups is 5. The molecule has 0 aromatic heterocycles. The number of hydrogen-bond acceptors (Lipinski definition) is 6. The van der Waals surface area contributed by atoms with Gasteiger partial charge in [-0.2, -0.15) is 0 Å². The number of amides is 4. The second-order valence-corrected chi connectivity index (χ2v) is 8.44. The maximum Gasteiger partial charge on any atom is 0.326 e. The molecule has 0 aliphatic heterocycles. The molecule has 31 heavy (non-hydrogen) atoms. The predicted molar refractivity (Wildman–Crippen MR) is 114 cm³/mol. The van der Waals surface area contributed by atoms with Gasteiger partial charge in [0.15, 0.2) is 0 Å². The molecule has 0 rings (SSSR count). The van der Waals surface area contributed by atoms with E-state index in [9.17, 15) is 29.1 Å². The number of nitrogens with one attached hydrogen (secondary N) is 3. The van der Waals surface area contributed by atoms with Crippen LogP contribution in [-0.2, 0) is 24.0 Å². The van der Waals surface area contributed by atoms with Gasteiger partial charge in [-0.25, -0.2) is 4.79 Å². The monoisotopic (exact) mass is 443 g/mol. The first-order chi connectivity index (χ1) is 14.2. The van der Waals surface area contributed by atoms with E-state index in [0.29, 0.717) is 6.42 Å². The summed E-state index contributed by atoms with van der Waals surface area (Å²) in [5.74, 6) is -5.07. The van der Waals surface area contributed by atoms with Crippen molar-refractivity contribution in [2.45, 2.75) is 78.6 Å². The molecule has 0 saturated carbocycles. The van der Waals surface area contributed by atoms with Crippen LogP contribution in [0.1, 0.15) is 54.4 Å². The van der Waals surface area contributed by atoms with Crippen LogP contribution in [0, 0.1) is 17.8 Å². The van der Waals surface area contributed by atoms with Gasteiger partial charge in [0.05, 0.1) is 12.5 Å². The normalized spacial score (nSPS) is 16.0.